The molecule has 158 valence electrons. The summed E-state index contributed by atoms with van der Waals surface area (Å²) in [7, 11) is 0. The molecule has 30 heavy (non-hydrogen) atoms. The predicted molar refractivity (Wildman–Crippen MR) is 115 cm³/mol. The van der Waals surface area contributed by atoms with Crippen LogP contribution in [-0.4, -0.2) is 12.4 Å². The molecule has 0 heterocycles. The van der Waals surface area contributed by atoms with Gasteiger partial charge >= 0.3 is 6.61 Å². The minimum Gasteiger partial charge on any atom is -0.457 e. The molecule has 0 aliphatic carbocycles. The molecule has 0 fully saturated rings. The summed E-state index contributed by atoms with van der Waals surface area (Å²) < 4.78 is 47.8. The molecule has 0 bridgehead atoms. The second-order valence-electron chi connectivity index (χ2n) is 7.48. The number of alkyl halides is 2. The second-order valence-corrected chi connectivity index (χ2v) is 8.47. The second kappa shape index (κ2) is 9.94. The van der Waals surface area contributed by atoms with Crippen LogP contribution in [0.15, 0.2) is 72.8 Å². The lowest BCUT2D eigenvalue weighted by atomic mass is 9.87. The van der Waals surface area contributed by atoms with E-state index in [1.165, 1.54) is 12.1 Å². The third-order valence-electron chi connectivity index (χ3n) is 4.54. The summed E-state index contributed by atoms with van der Waals surface area (Å²) in [6, 6.07) is 20.5. The topological polar surface area (TPSA) is 18.5 Å². The van der Waals surface area contributed by atoms with Crippen molar-refractivity contribution in [1.29, 1.82) is 0 Å². The monoisotopic (exact) mass is 432 g/mol. The number of hydrogen-bond donors (Lipinski definition) is 0. The Hall–Kier alpha value is -2.60. The Morgan fingerprint density at radius 2 is 1.53 bits per heavy atom. The Morgan fingerprint density at radius 3 is 2.20 bits per heavy atom. The molecule has 6 heteroatoms. The fourth-order valence-corrected chi connectivity index (χ4v) is 4.13. The van der Waals surface area contributed by atoms with Crippen molar-refractivity contribution in [2.75, 3.05) is 5.75 Å². The first kappa shape index (κ1) is 22.1. The molecule has 0 N–H and O–H groups in total. The Labute approximate surface area is 179 Å². The van der Waals surface area contributed by atoms with Crippen molar-refractivity contribution in [3.63, 3.8) is 0 Å². The first-order chi connectivity index (χ1) is 14.3. The van der Waals surface area contributed by atoms with Gasteiger partial charge in [-0.05, 0) is 65.1 Å². The summed E-state index contributed by atoms with van der Waals surface area (Å²) in [6.07, 6.45) is 0. The van der Waals surface area contributed by atoms with Crippen LogP contribution >= 0.6 is 11.8 Å². The van der Waals surface area contributed by atoms with E-state index in [1.54, 1.807) is 36.0 Å². The molecule has 0 unspecified atom stereocenters. The standard InChI is InChI=1S/C24H23F3O2S/c1-24(2,18-6-10-21(11-7-18)29-23(26)27)16-30-15-17-4-3-5-22(14-17)28-20-12-8-19(25)9-13-20/h3-14,23H,15-16H2,1-2H3. The Morgan fingerprint density at radius 1 is 0.867 bits per heavy atom. The van der Waals surface area contributed by atoms with E-state index in [2.05, 4.69) is 18.6 Å². The van der Waals surface area contributed by atoms with Crippen LogP contribution in [0.2, 0.25) is 0 Å². The van der Waals surface area contributed by atoms with Crippen molar-refractivity contribution in [3.05, 3.63) is 89.7 Å². The molecule has 0 saturated heterocycles. The van der Waals surface area contributed by atoms with Gasteiger partial charge in [0.15, 0.2) is 0 Å². The summed E-state index contributed by atoms with van der Waals surface area (Å²) in [4.78, 5) is 0. The van der Waals surface area contributed by atoms with E-state index in [1.807, 2.05) is 36.4 Å². The molecule has 0 saturated carbocycles. The summed E-state index contributed by atoms with van der Waals surface area (Å²) in [5.41, 5.74) is 2.05. The average molecular weight is 433 g/mol. The van der Waals surface area contributed by atoms with Crippen LogP contribution in [0, 0.1) is 5.82 Å². The van der Waals surface area contributed by atoms with Gasteiger partial charge in [0.1, 0.15) is 23.1 Å². The van der Waals surface area contributed by atoms with E-state index < -0.39 is 6.61 Å². The van der Waals surface area contributed by atoms with E-state index in [-0.39, 0.29) is 17.0 Å². The zero-order valence-corrected chi connectivity index (χ0v) is 17.6. The molecule has 0 spiro atoms. The van der Waals surface area contributed by atoms with Gasteiger partial charge in [-0.2, -0.15) is 20.5 Å². The fraction of sp³-hybridized carbons (Fsp3) is 0.250. The van der Waals surface area contributed by atoms with Gasteiger partial charge in [0.25, 0.3) is 0 Å². The van der Waals surface area contributed by atoms with Gasteiger partial charge in [0.2, 0.25) is 0 Å². The van der Waals surface area contributed by atoms with E-state index in [4.69, 9.17) is 4.74 Å². The van der Waals surface area contributed by atoms with E-state index >= 15 is 0 Å². The van der Waals surface area contributed by atoms with Gasteiger partial charge in [-0.3, -0.25) is 0 Å². The van der Waals surface area contributed by atoms with Crippen molar-refractivity contribution in [1.82, 2.24) is 0 Å². The molecule has 3 aromatic rings. The SMILES string of the molecule is CC(C)(CSCc1cccc(Oc2ccc(F)cc2)c1)c1ccc(OC(F)F)cc1. The molecule has 0 aliphatic heterocycles. The number of benzene rings is 3. The molecular weight excluding hydrogens is 409 g/mol. The highest BCUT2D eigenvalue weighted by atomic mass is 32.2. The smallest absolute Gasteiger partial charge is 0.387 e. The number of ether oxygens (including phenoxy) is 2. The summed E-state index contributed by atoms with van der Waals surface area (Å²) >= 11 is 1.78. The number of thioether (sulfide) groups is 1. The Balaban J connectivity index is 1.55. The highest BCUT2D eigenvalue weighted by Crippen LogP contribution is 2.31. The maximum absolute atomic E-state index is 13.0. The van der Waals surface area contributed by atoms with Crippen LogP contribution in [0.3, 0.4) is 0 Å². The van der Waals surface area contributed by atoms with Crippen molar-refractivity contribution < 1.29 is 22.6 Å². The third kappa shape index (κ3) is 6.46. The third-order valence-corrected chi connectivity index (χ3v) is 6.00. The molecule has 3 rings (SSSR count). The summed E-state index contributed by atoms with van der Waals surface area (Å²) in [6.45, 7) is 1.43. The molecular formula is C24H23F3O2S. The van der Waals surface area contributed by atoms with Crippen molar-refractivity contribution in [2.45, 2.75) is 31.6 Å². The van der Waals surface area contributed by atoms with E-state index in [0.29, 0.717) is 11.5 Å². The lowest BCUT2D eigenvalue weighted by Gasteiger charge is -2.25. The normalized spacial score (nSPS) is 11.5. The zero-order chi connectivity index (χ0) is 21.6. The fourth-order valence-electron chi connectivity index (χ4n) is 2.93. The highest BCUT2D eigenvalue weighted by Gasteiger charge is 2.21. The molecule has 0 aromatic heterocycles. The molecule has 0 amide bonds. The quantitative estimate of drug-likeness (QED) is 0.350. The molecule has 3 aromatic carbocycles. The number of hydrogen-bond acceptors (Lipinski definition) is 3. The largest absolute Gasteiger partial charge is 0.457 e. The van der Waals surface area contributed by atoms with Crippen LogP contribution in [0.4, 0.5) is 13.2 Å². The minimum absolute atomic E-state index is 0.129. The Kier molecular flexibility index (Phi) is 7.32. The number of rotatable bonds is 9. The van der Waals surface area contributed by atoms with Crippen LogP contribution in [0.25, 0.3) is 0 Å². The van der Waals surface area contributed by atoms with E-state index in [0.717, 1.165) is 22.6 Å². The van der Waals surface area contributed by atoms with Gasteiger partial charge in [-0.15, -0.1) is 0 Å². The van der Waals surface area contributed by atoms with Gasteiger partial charge < -0.3 is 9.47 Å². The van der Waals surface area contributed by atoms with Crippen LogP contribution in [0.5, 0.6) is 17.2 Å². The maximum Gasteiger partial charge on any atom is 0.387 e. The van der Waals surface area contributed by atoms with Gasteiger partial charge in [-0.1, -0.05) is 38.1 Å². The molecule has 2 nitrogen and oxygen atoms in total. The lowest BCUT2D eigenvalue weighted by molar-refractivity contribution is -0.0498. The summed E-state index contributed by atoms with van der Waals surface area (Å²) in [5.74, 6) is 2.80. The average Bonchev–Trinajstić information content (AvgIpc) is 2.70. The minimum atomic E-state index is -2.82. The maximum atomic E-state index is 13.0. The van der Waals surface area contributed by atoms with Gasteiger partial charge in [0, 0.05) is 11.5 Å². The summed E-state index contributed by atoms with van der Waals surface area (Å²) in [5, 5.41) is 0. The zero-order valence-electron chi connectivity index (χ0n) is 16.8. The van der Waals surface area contributed by atoms with Crippen molar-refractivity contribution >= 4 is 11.8 Å². The first-order valence-corrected chi connectivity index (χ1v) is 10.6. The highest BCUT2D eigenvalue weighted by molar-refractivity contribution is 7.98. The molecule has 0 radical (unpaired) electrons. The van der Waals surface area contributed by atoms with Crippen molar-refractivity contribution in [2.24, 2.45) is 0 Å². The predicted octanol–water partition coefficient (Wildman–Crippen LogP) is 7.43. The Bertz CT molecular complexity index is 941. The van der Waals surface area contributed by atoms with Gasteiger partial charge in [0.05, 0.1) is 0 Å². The number of halogens is 3. The van der Waals surface area contributed by atoms with Gasteiger partial charge in [-0.25, -0.2) is 4.39 Å². The van der Waals surface area contributed by atoms with E-state index in [9.17, 15) is 13.2 Å². The van der Waals surface area contributed by atoms with Crippen LogP contribution < -0.4 is 9.47 Å². The van der Waals surface area contributed by atoms with Crippen LogP contribution in [0.1, 0.15) is 25.0 Å². The van der Waals surface area contributed by atoms with Crippen molar-refractivity contribution in [3.8, 4) is 17.2 Å². The van der Waals surface area contributed by atoms with Crippen LogP contribution in [-0.2, 0) is 11.2 Å². The first-order valence-electron chi connectivity index (χ1n) is 9.47. The molecule has 0 aliphatic rings. The lowest BCUT2D eigenvalue weighted by Crippen LogP contribution is -2.20. The molecule has 0 atom stereocenters.